The molecule has 0 saturated heterocycles. The summed E-state index contributed by atoms with van der Waals surface area (Å²) < 4.78 is 4.93. The maximum Gasteiger partial charge on any atom is 0.235 e. The van der Waals surface area contributed by atoms with Crippen LogP contribution in [0.3, 0.4) is 0 Å². The molecule has 2 aliphatic carbocycles. The Hall–Kier alpha value is -1.10. The number of rotatable bonds is 7. The second-order valence-electron chi connectivity index (χ2n) is 5.64. The molecule has 0 bridgehead atoms. The zero-order valence-electron chi connectivity index (χ0n) is 11.7. The highest BCUT2D eigenvalue weighted by molar-refractivity contribution is 6.07. The van der Waals surface area contributed by atoms with E-state index in [4.69, 9.17) is 4.74 Å². The second-order valence-corrected chi connectivity index (χ2v) is 5.64. The van der Waals surface area contributed by atoms with Gasteiger partial charge in [0, 0.05) is 26.3 Å². The summed E-state index contributed by atoms with van der Waals surface area (Å²) in [7, 11) is 1.64. The van der Waals surface area contributed by atoms with Gasteiger partial charge in [0.15, 0.2) is 0 Å². The highest BCUT2D eigenvalue weighted by Gasteiger charge is 2.56. The molecule has 19 heavy (non-hydrogen) atoms. The van der Waals surface area contributed by atoms with Gasteiger partial charge in [-0.25, -0.2) is 0 Å². The molecule has 2 rings (SSSR count). The topological polar surface area (TPSA) is 67.4 Å². The zero-order valence-corrected chi connectivity index (χ0v) is 11.7. The van der Waals surface area contributed by atoms with Crippen molar-refractivity contribution in [3.63, 3.8) is 0 Å². The summed E-state index contributed by atoms with van der Waals surface area (Å²) in [6.45, 7) is 1.20. The van der Waals surface area contributed by atoms with E-state index in [1.807, 2.05) is 0 Å². The average Bonchev–Trinajstić information content (AvgIpc) is 3.08. The van der Waals surface area contributed by atoms with Crippen molar-refractivity contribution in [2.75, 3.05) is 20.3 Å². The fourth-order valence-corrected chi connectivity index (χ4v) is 2.66. The molecule has 5 heteroatoms. The van der Waals surface area contributed by atoms with Gasteiger partial charge in [-0.15, -0.1) is 0 Å². The molecular weight excluding hydrogens is 244 g/mol. The monoisotopic (exact) mass is 268 g/mol. The summed E-state index contributed by atoms with van der Waals surface area (Å²) in [6.07, 6.45) is 6.61. The lowest BCUT2D eigenvalue weighted by Gasteiger charge is -2.18. The number of amides is 2. The molecule has 0 aliphatic heterocycles. The lowest BCUT2D eigenvalue weighted by Crippen LogP contribution is -2.46. The lowest BCUT2D eigenvalue weighted by atomic mass is 10.0. The minimum Gasteiger partial charge on any atom is -0.385 e. The molecule has 0 radical (unpaired) electrons. The van der Waals surface area contributed by atoms with E-state index >= 15 is 0 Å². The van der Waals surface area contributed by atoms with Crippen molar-refractivity contribution in [1.82, 2.24) is 10.6 Å². The van der Waals surface area contributed by atoms with Gasteiger partial charge < -0.3 is 15.4 Å². The molecule has 0 atom stereocenters. The Bertz CT molecular complexity index is 334. The standard InChI is InChI=1S/C14H24N2O3/c1-19-10-4-9-15-12(17)14(7-8-14)13(18)16-11-5-2-3-6-11/h11H,2-10H2,1H3,(H,15,17)(H,16,18). The van der Waals surface area contributed by atoms with Crippen LogP contribution in [-0.2, 0) is 14.3 Å². The van der Waals surface area contributed by atoms with E-state index in [9.17, 15) is 9.59 Å². The van der Waals surface area contributed by atoms with Gasteiger partial charge in [-0.3, -0.25) is 9.59 Å². The first-order valence-corrected chi connectivity index (χ1v) is 7.27. The molecule has 2 aliphatic rings. The number of hydrogen-bond donors (Lipinski definition) is 2. The summed E-state index contributed by atoms with van der Waals surface area (Å²) in [5.41, 5.74) is -0.768. The summed E-state index contributed by atoms with van der Waals surface area (Å²) in [4.78, 5) is 24.3. The van der Waals surface area contributed by atoms with E-state index in [-0.39, 0.29) is 17.9 Å². The third-order valence-electron chi connectivity index (χ3n) is 4.12. The molecule has 0 heterocycles. The van der Waals surface area contributed by atoms with Crippen molar-refractivity contribution in [2.24, 2.45) is 5.41 Å². The highest BCUT2D eigenvalue weighted by Crippen LogP contribution is 2.46. The number of carbonyl (C=O) groups is 2. The Morgan fingerprint density at radius 2 is 1.89 bits per heavy atom. The van der Waals surface area contributed by atoms with Crippen LogP contribution in [0.15, 0.2) is 0 Å². The van der Waals surface area contributed by atoms with Crippen LogP contribution in [-0.4, -0.2) is 38.1 Å². The Kier molecular flexibility index (Phi) is 4.80. The molecule has 2 fully saturated rings. The maximum absolute atomic E-state index is 12.2. The van der Waals surface area contributed by atoms with E-state index in [1.165, 1.54) is 12.8 Å². The highest BCUT2D eigenvalue weighted by atomic mass is 16.5. The third-order valence-corrected chi connectivity index (χ3v) is 4.12. The van der Waals surface area contributed by atoms with Crippen molar-refractivity contribution >= 4 is 11.8 Å². The fraction of sp³-hybridized carbons (Fsp3) is 0.857. The van der Waals surface area contributed by atoms with Gasteiger partial charge in [0.1, 0.15) is 5.41 Å². The van der Waals surface area contributed by atoms with E-state index < -0.39 is 5.41 Å². The Morgan fingerprint density at radius 1 is 1.21 bits per heavy atom. The van der Waals surface area contributed by atoms with Crippen LogP contribution < -0.4 is 10.6 Å². The Balaban J connectivity index is 1.76. The zero-order chi connectivity index (χ0) is 13.7. The molecular formula is C14H24N2O3. The first-order valence-electron chi connectivity index (χ1n) is 7.27. The van der Waals surface area contributed by atoms with Gasteiger partial charge in [-0.2, -0.15) is 0 Å². The molecule has 0 aromatic heterocycles. The molecule has 2 amide bonds. The Labute approximate surface area is 114 Å². The lowest BCUT2D eigenvalue weighted by molar-refractivity contribution is -0.137. The van der Waals surface area contributed by atoms with Gasteiger partial charge in [0.05, 0.1) is 0 Å². The number of carbonyl (C=O) groups excluding carboxylic acids is 2. The number of methoxy groups -OCH3 is 1. The summed E-state index contributed by atoms with van der Waals surface area (Å²) in [5.74, 6) is -0.178. The smallest absolute Gasteiger partial charge is 0.235 e. The van der Waals surface area contributed by atoms with E-state index in [1.54, 1.807) is 7.11 Å². The van der Waals surface area contributed by atoms with Crippen LogP contribution in [0, 0.1) is 5.41 Å². The summed E-state index contributed by atoms with van der Waals surface area (Å²) in [6, 6.07) is 0.284. The molecule has 108 valence electrons. The van der Waals surface area contributed by atoms with Crippen molar-refractivity contribution in [3.05, 3.63) is 0 Å². The van der Waals surface area contributed by atoms with Gasteiger partial charge in [-0.05, 0) is 32.1 Å². The minimum absolute atomic E-state index is 0.0661. The predicted molar refractivity (Wildman–Crippen MR) is 71.6 cm³/mol. The normalized spacial score (nSPS) is 21.1. The number of ether oxygens (including phenoxy) is 1. The molecule has 0 aromatic carbocycles. The molecule has 2 N–H and O–H groups in total. The van der Waals surface area contributed by atoms with E-state index in [0.29, 0.717) is 26.0 Å². The van der Waals surface area contributed by atoms with Crippen LogP contribution in [0.2, 0.25) is 0 Å². The van der Waals surface area contributed by atoms with Crippen LogP contribution in [0.1, 0.15) is 44.9 Å². The van der Waals surface area contributed by atoms with Gasteiger partial charge >= 0.3 is 0 Å². The fourth-order valence-electron chi connectivity index (χ4n) is 2.66. The molecule has 0 unspecified atom stereocenters. The van der Waals surface area contributed by atoms with E-state index in [2.05, 4.69) is 10.6 Å². The third kappa shape index (κ3) is 3.47. The van der Waals surface area contributed by atoms with Crippen molar-refractivity contribution in [1.29, 1.82) is 0 Å². The van der Waals surface area contributed by atoms with Crippen molar-refractivity contribution in [2.45, 2.75) is 51.0 Å². The minimum atomic E-state index is -0.768. The molecule has 0 aromatic rings. The van der Waals surface area contributed by atoms with Crippen molar-refractivity contribution in [3.8, 4) is 0 Å². The SMILES string of the molecule is COCCCNC(=O)C1(C(=O)NC2CCCC2)CC1. The van der Waals surface area contributed by atoms with Crippen LogP contribution in [0.5, 0.6) is 0 Å². The predicted octanol–water partition coefficient (Wildman–Crippen LogP) is 0.978. The van der Waals surface area contributed by atoms with Gasteiger partial charge in [0.2, 0.25) is 11.8 Å². The molecule has 0 spiro atoms. The Morgan fingerprint density at radius 3 is 2.47 bits per heavy atom. The maximum atomic E-state index is 12.2. The summed E-state index contributed by atoms with van der Waals surface area (Å²) in [5, 5.41) is 5.89. The van der Waals surface area contributed by atoms with Crippen LogP contribution >= 0.6 is 0 Å². The number of hydrogen-bond acceptors (Lipinski definition) is 3. The van der Waals surface area contributed by atoms with Crippen LogP contribution in [0.4, 0.5) is 0 Å². The second kappa shape index (κ2) is 6.37. The van der Waals surface area contributed by atoms with Crippen molar-refractivity contribution < 1.29 is 14.3 Å². The first kappa shape index (κ1) is 14.3. The molecule has 2 saturated carbocycles. The molecule has 5 nitrogen and oxygen atoms in total. The average molecular weight is 268 g/mol. The first-order chi connectivity index (χ1) is 9.19. The van der Waals surface area contributed by atoms with Gasteiger partial charge in [-0.1, -0.05) is 12.8 Å². The quantitative estimate of drug-likeness (QED) is 0.534. The summed E-state index contributed by atoms with van der Waals surface area (Å²) >= 11 is 0. The number of nitrogens with one attached hydrogen (secondary N) is 2. The largest absolute Gasteiger partial charge is 0.385 e. The van der Waals surface area contributed by atoms with E-state index in [0.717, 1.165) is 19.3 Å². The van der Waals surface area contributed by atoms with Crippen LogP contribution in [0.25, 0.3) is 0 Å². The van der Waals surface area contributed by atoms with Gasteiger partial charge in [0.25, 0.3) is 0 Å².